The van der Waals surface area contributed by atoms with E-state index in [0.29, 0.717) is 16.3 Å². The summed E-state index contributed by atoms with van der Waals surface area (Å²) >= 11 is 1.35. The SMILES string of the molecule is C=CCn1c(-c2ccc(C)cc2)c(NC(=O)c2ccco2)sc1=NN=Cc1ccccc1. The number of allylic oxidation sites excluding steroid dienone is 1. The van der Waals surface area contributed by atoms with E-state index >= 15 is 0 Å². The van der Waals surface area contributed by atoms with Crippen LogP contribution < -0.4 is 10.1 Å². The maximum atomic E-state index is 12.7. The fourth-order valence-corrected chi connectivity index (χ4v) is 4.14. The molecule has 0 radical (unpaired) electrons. The fourth-order valence-electron chi connectivity index (χ4n) is 3.13. The van der Waals surface area contributed by atoms with Gasteiger partial charge in [0.25, 0.3) is 5.91 Å². The van der Waals surface area contributed by atoms with Gasteiger partial charge in [0.05, 0.1) is 18.2 Å². The van der Waals surface area contributed by atoms with Gasteiger partial charge in [0.15, 0.2) is 5.76 Å². The number of nitrogens with zero attached hydrogens (tertiary/aromatic N) is 3. The molecule has 32 heavy (non-hydrogen) atoms. The second kappa shape index (κ2) is 9.89. The highest BCUT2D eigenvalue weighted by Gasteiger charge is 2.19. The van der Waals surface area contributed by atoms with Crippen molar-refractivity contribution in [3.63, 3.8) is 0 Å². The van der Waals surface area contributed by atoms with E-state index in [1.165, 1.54) is 17.6 Å². The third-order valence-corrected chi connectivity index (χ3v) is 5.65. The molecule has 1 amide bonds. The van der Waals surface area contributed by atoms with E-state index in [4.69, 9.17) is 4.42 Å². The molecule has 0 saturated heterocycles. The molecule has 0 unspecified atom stereocenters. The Bertz CT molecular complexity index is 1300. The van der Waals surface area contributed by atoms with Crippen molar-refractivity contribution in [1.82, 2.24) is 4.57 Å². The summed E-state index contributed by atoms with van der Waals surface area (Å²) in [5.74, 6) is -0.0844. The molecule has 0 aliphatic carbocycles. The molecule has 4 aromatic rings. The molecule has 2 heterocycles. The quantitative estimate of drug-likeness (QED) is 0.233. The van der Waals surface area contributed by atoms with E-state index in [1.54, 1.807) is 24.4 Å². The van der Waals surface area contributed by atoms with Gasteiger partial charge in [-0.25, -0.2) is 0 Å². The summed E-state index contributed by atoms with van der Waals surface area (Å²) in [5.41, 5.74) is 3.89. The van der Waals surface area contributed by atoms with Gasteiger partial charge in [0, 0.05) is 12.1 Å². The Morgan fingerprint density at radius 2 is 1.91 bits per heavy atom. The smallest absolute Gasteiger partial charge is 0.292 e. The predicted octanol–water partition coefficient (Wildman–Crippen LogP) is 5.49. The Kier molecular flexibility index (Phi) is 6.57. The predicted molar refractivity (Wildman–Crippen MR) is 129 cm³/mol. The first-order chi connectivity index (χ1) is 15.7. The number of benzene rings is 2. The zero-order chi connectivity index (χ0) is 22.3. The average molecular weight is 443 g/mol. The van der Waals surface area contributed by atoms with Crippen molar-refractivity contribution in [2.24, 2.45) is 10.2 Å². The minimum absolute atomic E-state index is 0.240. The first-order valence-electron chi connectivity index (χ1n) is 10.0. The second-order valence-electron chi connectivity index (χ2n) is 7.01. The van der Waals surface area contributed by atoms with Crippen LogP contribution in [0.25, 0.3) is 11.3 Å². The molecular weight excluding hydrogens is 420 g/mol. The highest BCUT2D eigenvalue weighted by Crippen LogP contribution is 2.31. The summed E-state index contributed by atoms with van der Waals surface area (Å²) in [6, 6.07) is 21.2. The van der Waals surface area contributed by atoms with Gasteiger partial charge in [-0.05, 0) is 24.6 Å². The van der Waals surface area contributed by atoms with Crippen LogP contribution in [0.4, 0.5) is 5.00 Å². The van der Waals surface area contributed by atoms with Crippen LogP contribution in [0.3, 0.4) is 0 Å². The molecule has 4 rings (SSSR count). The average Bonchev–Trinajstić information content (AvgIpc) is 3.45. The fraction of sp³-hybridized carbons (Fsp3) is 0.0800. The molecule has 1 N–H and O–H groups in total. The first-order valence-corrected chi connectivity index (χ1v) is 10.9. The van der Waals surface area contributed by atoms with Crippen LogP contribution in [0, 0.1) is 6.92 Å². The van der Waals surface area contributed by atoms with Crippen molar-refractivity contribution in [1.29, 1.82) is 0 Å². The molecule has 0 spiro atoms. The minimum atomic E-state index is -0.324. The summed E-state index contributed by atoms with van der Waals surface area (Å²) in [6.45, 7) is 6.43. The molecule has 160 valence electrons. The molecular formula is C25H22N4O2S. The summed E-state index contributed by atoms with van der Waals surface area (Å²) < 4.78 is 7.24. The highest BCUT2D eigenvalue weighted by molar-refractivity contribution is 7.14. The number of aromatic nitrogens is 1. The molecule has 2 aromatic heterocycles. The lowest BCUT2D eigenvalue weighted by atomic mass is 10.1. The number of furan rings is 1. The standard InChI is InChI=1S/C25H22N4O2S/c1-3-15-29-22(20-13-11-18(2)12-14-20)24(27-23(30)21-10-7-16-31-21)32-25(29)28-26-17-19-8-5-4-6-9-19/h3-14,16-17H,1,15H2,2H3,(H,27,30). The van der Waals surface area contributed by atoms with Crippen LogP contribution in [0.2, 0.25) is 0 Å². The summed E-state index contributed by atoms with van der Waals surface area (Å²) in [6.07, 6.45) is 4.97. The molecule has 6 nitrogen and oxygen atoms in total. The van der Waals surface area contributed by atoms with Crippen LogP contribution in [-0.4, -0.2) is 16.7 Å². The van der Waals surface area contributed by atoms with Crippen molar-refractivity contribution >= 4 is 28.5 Å². The lowest BCUT2D eigenvalue weighted by Crippen LogP contribution is -2.15. The van der Waals surface area contributed by atoms with E-state index in [9.17, 15) is 4.79 Å². The van der Waals surface area contributed by atoms with Gasteiger partial charge in [0.2, 0.25) is 4.80 Å². The molecule has 2 aromatic carbocycles. The van der Waals surface area contributed by atoms with Crippen molar-refractivity contribution < 1.29 is 9.21 Å². The van der Waals surface area contributed by atoms with Crippen molar-refractivity contribution in [3.05, 3.63) is 107 Å². The Hall–Kier alpha value is -3.97. The van der Waals surface area contributed by atoms with Crippen LogP contribution >= 0.6 is 11.3 Å². The van der Waals surface area contributed by atoms with Gasteiger partial charge in [-0.3, -0.25) is 4.79 Å². The highest BCUT2D eigenvalue weighted by atomic mass is 32.1. The number of aryl methyl sites for hydroxylation is 1. The van der Waals surface area contributed by atoms with Gasteiger partial charge >= 0.3 is 0 Å². The van der Waals surface area contributed by atoms with E-state index in [1.807, 2.05) is 66.1 Å². The molecule has 0 bridgehead atoms. The normalized spacial score (nSPS) is 11.7. The molecule has 0 aliphatic rings. The summed E-state index contributed by atoms with van der Waals surface area (Å²) in [5, 5.41) is 12.3. The van der Waals surface area contributed by atoms with Crippen molar-refractivity contribution in [2.45, 2.75) is 13.5 Å². The van der Waals surface area contributed by atoms with Crippen LogP contribution in [0.5, 0.6) is 0 Å². The number of carbonyl (C=O) groups excluding carboxylic acids is 1. The van der Waals surface area contributed by atoms with Crippen LogP contribution in [0.15, 0.2) is 100 Å². The Labute approximate surface area is 189 Å². The van der Waals surface area contributed by atoms with Gasteiger partial charge in [-0.1, -0.05) is 77.6 Å². The van der Waals surface area contributed by atoms with E-state index in [0.717, 1.165) is 22.4 Å². The van der Waals surface area contributed by atoms with E-state index in [2.05, 4.69) is 22.1 Å². The number of anilines is 1. The number of nitrogens with one attached hydrogen (secondary N) is 1. The van der Waals surface area contributed by atoms with Crippen molar-refractivity contribution in [3.8, 4) is 11.3 Å². The number of rotatable bonds is 7. The molecule has 7 heteroatoms. The lowest BCUT2D eigenvalue weighted by molar-refractivity contribution is 0.0997. The summed E-state index contributed by atoms with van der Waals surface area (Å²) in [7, 11) is 0. The third-order valence-electron chi connectivity index (χ3n) is 4.67. The Morgan fingerprint density at radius 1 is 1.12 bits per heavy atom. The largest absolute Gasteiger partial charge is 0.459 e. The van der Waals surface area contributed by atoms with Gasteiger partial charge in [0.1, 0.15) is 5.00 Å². The van der Waals surface area contributed by atoms with Crippen LogP contribution in [-0.2, 0) is 6.54 Å². The lowest BCUT2D eigenvalue weighted by Gasteiger charge is -2.10. The zero-order valence-corrected chi connectivity index (χ0v) is 18.4. The molecule has 0 saturated carbocycles. The van der Waals surface area contributed by atoms with Crippen LogP contribution in [0.1, 0.15) is 21.7 Å². The topological polar surface area (TPSA) is 71.9 Å². The van der Waals surface area contributed by atoms with E-state index in [-0.39, 0.29) is 11.7 Å². The number of amides is 1. The monoisotopic (exact) mass is 442 g/mol. The number of thiazole rings is 1. The second-order valence-corrected chi connectivity index (χ2v) is 7.99. The maximum Gasteiger partial charge on any atom is 0.292 e. The molecule has 0 fully saturated rings. The third kappa shape index (κ3) is 4.84. The first kappa shape index (κ1) is 21.3. The molecule has 0 atom stereocenters. The van der Waals surface area contributed by atoms with E-state index < -0.39 is 0 Å². The van der Waals surface area contributed by atoms with Gasteiger partial charge in [-0.2, -0.15) is 5.10 Å². The van der Waals surface area contributed by atoms with Gasteiger partial charge in [-0.15, -0.1) is 11.7 Å². The Balaban J connectivity index is 1.81. The summed E-state index contributed by atoms with van der Waals surface area (Å²) in [4.78, 5) is 13.3. The Morgan fingerprint density at radius 3 is 2.59 bits per heavy atom. The maximum absolute atomic E-state index is 12.7. The van der Waals surface area contributed by atoms with Crippen molar-refractivity contribution in [2.75, 3.05) is 5.32 Å². The zero-order valence-electron chi connectivity index (χ0n) is 17.6. The number of carbonyl (C=O) groups is 1. The molecule has 0 aliphatic heterocycles. The van der Waals surface area contributed by atoms with Gasteiger partial charge < -0.3 is 14.3 Å². The number of hydrogen-bond donors (Lipinski definition) is 1. The number of hydrogen-bond acceptors (Lipinski definition) is 5. The minimum Gasteiger partial charge on any atom is -0.459 e.